The minimum absolute atomic E-state index is 0.331. The second-order valence-electron chi connectivity index (χ2n) is 2.02. The van der Waals surface area contributed by atoms with E-state index in [4.69, 9.17) is 10.2 Å². The molecule has 0 aliphatic heterocycles. The molecular formula is C8H12O4. The van der Waals surface area contributed by atoms with Crippen LogP contribution >= 0.6 is 0 Å². The van der Waals surface area contributed by atoms with E-state index in [9.17, 15) is 4.79 Å². The number of rotatable bonds is 4. The number of aliphatic hydroxyl groups is 2. The minimum Gasteiger partial charge on any atom is -0.466 e. The fraction of sp³-hybridized carbons (Fsp3) is 0.375. The van der Waals surface area contributed by atoms with Crippen LogP contribution in [0.5, 0.6) is 0 Å². The normalized spacial score (nSPS) is 13.9. The number of ether oxygens (including phenoxy) is 1. The van der Waals surface area contributed by atoms with Crippen LogP contribution in [0.25, 0.3) is 0 Å². The number of hydrogen-bond acceptors (Lipinski definition) is 4. The summed E-state index contributed by atoms with van der Waals surface area (Å²) < 4.78 is 4.31. The van der Waals surface area contributed by atoms with Crippen molar-refractivity contribution >= 4 is 5.97 Å². The Morgan fingerprint density at radius 3 is 2.75 bits per heavy atom. The third kappa shape index (κ3) is 5.64. The Hall–Kier alpha value is -1.13. The lowest BCUT2D eigenvalue weighted by Gasteiger charge is -1.95. The van der Waals surface area contributed by atoms with Crippen molar-refractivity contribution in [1.82, 2.24) is 0 Å². The van der Waals surface area contributed by atoms with Crippen molar-refractivity contribution in [1.29, 1.82) is 0 Å². The lowest BCUT2D eigenvalue weighted by Crippen LogP contribution is -2.06. The molecule has 0 aromatic rings. The van der Waals surface area contributed by atoms with Gasteiger partial charge < -0.3 is 14.9 Å². The second-order valence-corrected chi connectivity index (χ2v) is 2.02. The molecule has 0 rings (SSSR count). The molecule has 0 saturated heterocycles. The highest BCUT2D eigenvalue weighted by atomic mass is 16.5. The molecule has 0 aromatic heterocycles. The van der Waals surface area contributed by atoms with Gasteiger partial charge in [-0.3, -0.25) is 0 Å². The van der Waals surface area contributed by atoms with E-state index >= 15 is 0 Å². The van der Waals surface area contributed by atoms with Crippen molar-refractivity contribution in [3.63, 3.8) is 0 Å². The molecular weight excluding hydrogens is 160 g/mol. The Kier molecular flexibility index (Phi) is 5.95. The highest BCUT2D eigenvalue weighted by Gasteiger charge is 1.91. The lowest BCUT2D eigenvalue weighted by atomic mass is 10.3. The third-order valence-corrected chi connectivity index (χ3v) is 1.06. The molecule has 0 spiro atoms. The summed E-state index contributed by atoms with van der Waals surface area (Å²) in [4.78, 5) is 10.5. The molecule has 12 heavy (non-hydrogen) atoms. The first-order chi connectivity index (χ1) is 5.70. The summed E-state index contributed by atoms with van der Waals surface area (Å²) in [5.74, 6) is -0.460. The Labute approximate surface area is 70.8 Å². The van der Waals surface area contributed by atoms with Gasteiger partial charge in [0.25, 0.3) is 0 Å². The smallest absolute Gasteiger partial charge is 0.330 e. The van der Waals surface area contributed by atoms with Gasteiger partial charge in [-0.2, -0.15) is 0 Å². The third-order valence-electron chi connectivity index (χ3n) is 1.06. The van der Waals surface area contributed by atoms with Crippen LogP contribution < -0.4 is 0 Å². The standard InChI is InChI=1S/C8H12O4/c1-12-8(11)5-3-2-4-7(10)6-9/h2-5,7,9-10H,6H2,1H3/b4-2+,5-3+/t7-/m0/s1. The van der Waals surface area contributed by atoms with Crippen LogP contribution in [0.4, 0.5) is 0 Å². The van der Waals surface area contributed by atoms with E-state index in [1.54, 1.807) is 0 Å². The number of esters is 1. The monoisotopic (exact) mass is 172 g/mol. The Morgan fingerprint density at radius 1 is 1.58 bits per heavy atom. The molecule has 0 bridgehead atoms. The van der Waals surface area contributed by atoms with Gasteiger partial charge in [0.2, 0.25) is 0 Å². The maximum atomic E-state index is 10.5. The minimum atomic E-state index is -0.882. The molecule has 0 fully saturated rings. The van der Waals surface area contributed by atoms with Crippen molar-refractivity contribution in [3.05, 3.63) is 24.3 Å². The molecule has 0 saturated carbocycles. The van der Waals surface area contributed by atoms with Gasteiger partial charge in [0.1, 0.15) is 0 Å². The quantitative estimate of drug-likeness (QED) is 0.345. The maximum absolute atomic E-state index is 10.5. The van der Waals surface area contributed by atoms with Gasteiger partial charge in [0.05, 0.1) is 19.8 Å². The molecule has 2 N–H and O–H groups in total. The van der Waals surface area contributed by atoms with Crippen molar-refractivity contribution in [2.45, 2.75) is 6.10 Å². The van der Waals surface area contributed by atoms with Crippen LogP contribution in [0.3, 0.4) is 0 Å². The summed E-state index contributed by atoms with van der Waals surface area (Å²) in [7, 11) is 1.28. The number of aliphatic hydroxyl groups excluding tert-OH is 2. The molecule has 0 heterocycles. The number of methoxy groups -OCH3 is 1. The van der Waals surface area contributed by atoms with Crippen molar-refractivity contribution in [2.24, 2.45) is 0 Å². The predicted octanol–water partition coefficient (Wildman–Crippen LogP) is -0.375. The van der Waals surface area contributed by atoms with E-state index in [-0.39, 0.29) is 6.61 Å². The Bertz CT molecular complexity index is 183. The fourth-order valence-corrected chi connectivity index (χ4v) is 0.455. The average molecular weight is 172 g/mol. The number of allylic oxidation sites excluding steroid dienone is 2. The maximum Gasteiger partial charge on any atom is 0.330 e. The van der Waals surface area contributed by atoms with Crippen molar-refractivity contribution in [2.75, 3.05) is 13.7 Å². The molecule has 0 unspecified atom stereocenters. The fourth-order valence-electron chi connectivity index (χ4n) is 0.455. The lowest BCUT2D eigenvalue weighted by molar-refractivity contribution is -0.134. The Balaban J connectivity index is 3.73. The van der Waals surface area contributed by atoms with Crippen LogP contribution in [-0.4, -0.2) is 36.0 Å². The molecule has 1 atom stereocenters. The molecule has 0 radical (unpaired) electrons. The molecule has 4 nitrogen and oxygen atoms in total. The zero-order valence-electron chi connectivity index (χ0n) is 6.80. The first-order valence-corrected chi connectivity index (χ1v) is 3.42. The summed E-state index contributed by atoms with van der Waals surface area (Å²) in [6.07, 6.45) is 4.56. The molecule has 0 aromatic carbocycles. The van der Waals surface area contributed by atoms with Crippen molar-refractivity contribution < 1.29 is 19.7 Å². The predicted molar refractivity (Wildman–Crippen MR) is 43.4 cm³/mol. The second kappa shape index (κ2) is 6.57. The van der Waals surface area contributed by atoms with Gasteiger partial charge in [-0.15, -0.1) is 0 Å². The van der Waals surface area contributed by atoms with Gasteiger partial charge in [-0.1, -0.05) is 18.2 Å². The number of carbonyl (C=O) groups excluding carboxylic acids is 1. The van der Waals surface area contributed by atoms with Crippen LogP contribution in [-0.2, 0) is 9.53 Å². The highest BCUT2D eigenvalue weighted by molar-refractivity contribution is 5.82. The summed E-state index contributed by atoms with van der Waals surface area (Å²) in [5.41, 5.74) is 0. The first kappa shape index (κ1) is 10.9. The summed E-state index contributed by atoms with van der Waals surface area (Å²) in [5, 5.41) is 17.2. The van der Waals surface area contributed by atoms with Gasteiger partial charge in [-0.05, 0) is 0 Å². The zero-order chi connectivity index (χ0) is 9.40. The summed E-state index contributed by atoms with van der Waals surface area (Å²) >= 11 is 0. The van der Waals surface area contributed by atoms with E-state index in [2.05, 4.69) is 4.74 Å². The molecule has 4 heteroatoms. The number of carbonyl (C=O) groups is 1. The van der Waals surface area contributed by atoms with Gasteiger partial charge in [-0.25, -0.2) is 4.79 Å². The average Bonchev–Trinajstić information content (AvgIpc) is 2.11. The highest BCUT2D eigenvalue weighted by Crippen LogP contribution is 1.85. The molecule has 0 aliphatic carbocycles. The van der Waals surface area contributed by atoms with E-state index in [1.807, 2.05) is 0 Å². The topological polar surface area (TPSA) is 66.8 Å². The van der Waals surface area contributed by atoms with E-state index in [1.165, 1.54) is 31.4 Å². The van der Waals surface area contributed by atoms with Crippen LogP contribution in [0, 0.1) is 0 Å². The zero-order valence-corrected chi connectivity index (χ0v) is 6.80. The molecule has 0 amide bonds. The van der Waals surface area contributed by atoms with Gasteiger partial charge in [0.15, 0.2) is 0 Å². The van der Waals surface area contributed by atoms with Gasteiger partial charge >= 0.3 is 5.97 Å². The summed E-state index contributed by atoms with van der Waals surface area (Å²) in [6.45, 7) is -0.331. The molecule has 0 aliphatic rings. The van der Waals surface area contributed by atoms with E-state index in [0.717, 1.165) is 0 Å². The Morgan fingerprint density at radius 2 is 2.25 bits per heavy atom. The van der Waals surface area contributed by atoms with E-state index in [0.29, 0.717) is 0 Å². The van der Waals surface area contributed by atoms with Crippen LogP contribution in [0.2, 0.25) is 0 Å². The summed E-state index contributed by atoms with van der Waals surface area (Å²) in [6, 6.07) is 0. The van der Waals surface area contributed by atoms with Crippen molar-refractivity contribution in [3.8, 4) is 0 Å². The van der Waals surface area contributed by atoms with E-state index < -0.39 is 12.1 Å². The largest absolute Gasteiger partial charge is 0.466 e. The van der Waals surface area contributed by atoms with Crippen LogP contribution in [0.1, 0.15) is 0 Å². The SMILES string of the molecule is COC(=O)/C=C/C=C/[C@H](O)CO. The van der Waals surface area contributed by atoms with Gasteiger partial charge in [0, 0.05) is 6.08 Å². The number of hydrogen-bond donors (Lipinski definition) is 2. The first-order valence-electron chi connectivity index (χ1n) is 3.42. The van der Waals surface area contributed by atoms with Crippen LogP contribution in [0.15, 0.2) is 24.3 Å². The molecule has 68 valence electrons.